The Hall–Kier alpha value is -1.59. The number of amides is 1. The third-order valence-corrected chi connectivity index (χ3v) is 4.34. The number of carbonyl (C=O) groups excluding carboxylic acids is 1. The molecule has 1 saturated carbocycles. The number of benzene rings is 1. The van der Waals surface area contributed by atoms with Crippen molar-refractivity contribution in [3.63, 3.8) is 0 Å². The molecule has 22 heavy (non-hydrogen) atoms. The summed E-state index contributed by atoms with van der Waals surface area (Å²) in [6.45, 7) is 3.96. The number of rotatable bonds is 5. The summed E-state index contributed by atoms with van der Waals surface area (Å²) < 4.78 is 17.2. The van der Waals surface area contributed by atoms with Crippen molar-refractivity contribution in [3.05, 3.63) is 30.3 Å². The number of morpholine rings is 1. The zero-order valence-corrected chi connectivity index (χ0v) is 12.9. The summed E-state index contributed by atoms with van der Waals surface area (Å²) in [7, 11) is 0. The number of para-hydroxylation sites is 1. The van der Waals surface area contributed by atoms with E-state index < -0.39 is 0 Å². The van der Waals surface area contributed by atoms with Gasteiger partial charge in [-0.3, -0.25) is 4.79 Å². The number of hydrogen-bond donors (Lipinski definition) is 0. The van der Waals surface area contributed by atoms with Crippen molar-refractivity contribution in [1.29, 1.82) is 0 Å². The van der Waals surface area contributed by atoms with E-state index >= 15 is 0 Å². The highest BCUT2D eigenvalue weighted by atomic mass is 16.5. The van der Waals surface area contributed by atoms with Gasteiger partial charge in [-0.25, -0.2) is 0 Å². The lowest BCUT2D eigenvalue weighted by molar-refractivity contribution is -0.153. The molecule has 1 aromatic rings. The van der Waals surface area contributed by atoms with Gasteiger partial charge < -0.3 is 19.1 Å². The van der Waals surface area contributed by atoms with Crippen LogP contribution in [0.25, 0.3) is 0 Å². The van der Waals surface area contributed by atoms with E-state index in [0.29, 0.717) is 19.8 Å². The fraction of sp³-hybridized carbons (Fsp3) is 0.588. The number of ether oxygens (including phenoxy) is 3. The van der Waals surface area contributed by atoms with Crippen LogP contribution in [0.1, 0.15) is 19.8 Å². The Balaban J connectivity index is 1.58. The average Bonchev–Trinajstić information content (AvgIpc) is 2.97. The molecule has 1 aliphatic carbocycles. The van der Waals surface area contributed by atoms with Crippen molar-refractivity contribution in [3.8, 4) is 5.75 Å². The van der Waals surface area contributed by atoms with Gasteiger partial charge in [-0.2, -0.15) is 0 Å². The summed E-state index contributed by atoms with van der Waals surface area (Å²) in [6.07, 6.45) is 2.01. The molecule has 2 fully saturated rings. The third-order valence-electron chi connectivity index (χ3n) is 4.34. The van der Waals surface area contributed by atoms with E-state index in [4.69, 9.17) is 14.2 Å². The first-order chi connectivity index (χ1) is 10.8. The summed E-state index contributed by atoms with van der Waals surface area (Å²) in [5.41, 5.74) is 0. The van der Waals surface area contributed by atoms with Crippen molar-refractivity contribution in [2.45, 2.75) is 38.0 Å². The van der Waals surface area contributed by atoms with Crippen LogP contribution < -0.4 is 4.74 Å². The molecule has 2 aliphatic rings. The Kier molecular flexibility index (Phi) is 4.95. The predicted octanol–water partition coefficient (Wildman–Crippen LogP) is 1.86. The molecule has 3 rings (SSSR count). The summed E-state index contributed by atoms with van der Waals surface area (Å²) in [4.78, 5) is 14.4. The smallest absolute Gasteiger partial charge is 0.260 e. The van der Waals surface area contributed by atoms with E-state index in [9.17, 15) is 4.79 Å². The van der Waals surface area contributed by atoms with Gasteiger partial charge >= 0.3 is 0 Å². The van der Waals surface area contributed by atoms with Gasteiger partial charge in [0.05, 0.1) is 18.8 Å². The van der Waals surface area contributed by atoms with E-state index in [1.54, 1.807) is 0 Å². The van der Waals surface area contributed by atoms with Crippen LogP contribution in [-0.2, 0) is 14.3 Å². The highest BCUT2D eigenvalue weighted by Crippen LogP contribution is 2.32. The highest BCUT2D eigenvalue weighted by molar-refractivity contribution is 5.78. The van der Waals surface area contributed by atoms with Crippen LogP contribution in [-0.4, -0.2) is 55.4 Å². The fourth-order valence-corrected chi connectivity index (χ4v) is 3.36. The largest absolute Gasteiger partial charge is 0.484 e. The standard InChI is InChI=1S/C17H23NO4/c1-2-20-15-9-8-14-17(15)21-11-10-18(14)16(19)12-22-13-6-4-3-5-7-13/h3-7,14-15,17H,2,8-12H2,1H3/t14-,15-,17-/m1/s1. The van der Waals surface area contributed by atoms with Crippen molar-refractivity contribution in [1.82, 2.24) is 4.90 Å². The second kappa shape index (κ2) is 7.11. The van der Waals surface area contributed by atoms with Crippen LogP contribution >= 0.6 is 0 Å². The van der Waals surface area contributed by atoms with Crippen LogP contribution in [0.4, 0.5) is 0 Å². The van der Waals surface area contributed by atoms with Crippen LogP contribution in [0.2, 0.25) is 0 Å². The minimum atomic E-state index is 0.00868. The molecule has 1 heterocycles. The molecule has 1 aromatic carbocycles. The van der Waals surface area contributed by atoms with Gasteiger partial charge in [-0.1, -0.05) is 18.2 Å². The Bertz CT molecular complexity index is 493. The minimum Gasteiger partial charge on any atom is -0.484 e. The van der Waals surface area contributed by atoms with Gasteiger partial charge in [0, 0.05) is 13.2 Å². The molecule has 0 aromatic heterocycles. The zero-order valence-electron chi connectivity index (χ0n) is 12.9. The maximum Gasteiger partial charge on any atom is 0.260 e. The number of nitrogens with zero attached hydrogens (tertiary/aromatic N) is 1. The molecule has 0 bridgehead atoms. The highest BCUT2D eigenvalue weighted by Gasteiger charge is 2.44. The van der Waals surface area contributed by atoms with Crippen LogP contribution in [0.15, 0.2) is 30.3 Å². The first kappa shape index (κ1) is 15.3. The first-order valence-corrected chi connectivity index (χ1v) is 8.00. The molecule has 1 aliphatic heterocycles. The lowest BCUT2D eigenvalue weighted by Crippen LogP contribution is -2.55. The molecule has 5 heteroatoms. The molecular weight excluding hydrogens is 282 g/mol. The molecule has 3 atom stereocenters. The molecule has 0 radical (unpaired) electrons. The van der Waals surface area contributed by atoms with Gasteiger partial charge in [0.2, 0.25) is 0 Å². The molecule has 0 N–H and O–H groups in total. The average molecular weight is 305 g/mol. The van der Waals surface area contributed by atoms with Gasteiger partial charge in [-0.05, 0) is 31.9 Å². The molecule has 1 saturated heterocycles. The lowest BCUT2D eigenvalue weighted by Gasteiger charge is -2.39. The Labute approximate surface area is 131 Å². The second-order valence-corrected chi connectivity index (χ2v) is 5.66. The number of fused-ring (bicyclic) bond motifs is 1. The molecule has 0 unspecified atom stereocenters. The predicted molar refractivity (Wildman–Crippen MR) is 81.8 cm³/mol. The molecule has 0 spiro atoms. The monoisotopic (exact) mass is 305 g/mol. The molecule has 1 amide bonds. The number of hydrogen-bond acceptors (Lipinski definition) is 4. The Morgan fingerprint density at radius 3 is 2.91 bits per heavy atom. The van der Waals surface area contributed by atoms with Crippen LogP contribution in [0.3, 0.4) is 0 Å². The van der Waals surface area contributed by atoms with Crippen molar-refractivity contribution in [2.75, 3.05) is 26.4 Å². The van der Waals surface area contributed by atoms with Gasteiger partial charge in [0.1, 0.15) is 11.9 Å². The molecule has 5 nitrogen and oxygen atoms in total. The zero-order chi connectivity index (χ0) is 15.4. The van der Waals surface area contributed by atoms with Crippen molar-refractivity contribution < 1.29 is 19.0 Å². The summed E-state index contributed by atoms with van der Waals surface area (Å²) in [5, 5.41) is 0. The first-order valence-electron chi connectivity index (χ1n) is 8.00. The maximum absolute atomic E-state index is 12.5. The Morgan fingerprint density at radius 2 is 2.14 bits per heavy atom. The molecule has 120 valence electrons. The van der Waals surface area contributed by atoms with Gasteiger partial charge in [0.15, 0.2) is 6.61 Å². The molecular formula is C17H23NO4. The van der Waals surface area contributed by atoms with Gasteiger partial charge in [0.25, 0.3) is 5.91 Å². The van der Waals surface area contributed by atoms with Crippen LogP contribution in [0, 0.1) is 0 Å². The normalized spacial score (nSPS) is 27.5. The lowest BCUT2D eigenvalue weighted by atomic mass is 10.1. The van der Waals surface area contributed by atoms with E-state index in [0.717, 1.165) is 18.6 Å². The van der Waals surface area contributed by atoms with Crippen molar-refractivity contribution in [2.24, 2.45) is 0 Å². The summed E-state index contributed by atoms with van der Waals surface area (Å²) in [6, 6.07) is 9.56. The second-order valence-electron chi connectivity index (χ2n) is 5.66. The Morgan fingerprint density at radius 1 is 1.32 bits per heavy atom. The summed E-state index contributed by atoms with van der Waals surface area (Å²) >= 11 is 0. The quantitative estimate of drug-likeness (QED) is 0.833. The number of carbonyl (C=O) groups is 1. The van der Waals surface area contributed by atoms with Crippen molar-refractivity contribution >= 4 is 5.91 Å². The maximum atomic E-state index is 12.5. The van der Waals surface area contributed by atoms with Crippen LogP contribution in [0.5, 0.6) is 5.75 Å². The van der Waals surface area contributed by atoms with Gasteiger partial charge in [-0.15, -0.1) is 0 Å². The van der Waals surface area contributed by atoms with E-state index in [-0.39, 0.29) is 30.8 Å². The third kappa shape index (κ3) is 3.25. The summed E-state index contributed by atoms with van der Waals surface area (Å²) in [5.74, 6) is 0.749. The minimum absolute atomic E-state index is 0.00868. The topological polar surface area (TPSA) is 48.0 Å². The van der Waals surface area contributed by atoms with E-state index in [1.807, 2.05) is 42.2 Å². The van der Waals surface area contributed by atoms with E-state index in [2.05, 4.69) is 0 Å². The SMILES string of the molecule is CCO[C@@H]1CC[C@@H]2[C@H]1OCCN2C(=O)COc1ccccc1. The fourth-order valence-electron chi connectivity index (χ4n) is 3.36. The van der Waals surface area contributed by atoms with E-state index in [1.165, 1.54) is 0 Å².